The minimum atomic E-state index is -3.51. The number of hydrogen-bond acceptors (Lipinski definition) is 5. The van der Waals surface area contributed by atoms with E-state index in [0.29, 0.717) is 24.7 Å². The molecule has 0 aliphatic carbocycles. The molecule has 0 atom stereocenters. The fraction of sp³-hybridized carbons (Fsp3) is 0.364. The van der Waals surface area contributed by atoms with E-state index in [1.54, 1.807) is 0 Å². The molecule has 1 aromatic rings. The van der Waals surface area contributed by atoms with Gasteiger partial charge in [0.05, 0.1) is 11.3 Å². The lowest BCUT2D eigenvalue weighted by molar-refractivity contribution is -0.136. The van der Waals surface area contributed by atoms with Crippen molar-refractivity contribution in [2.75, 3.05) is 19.5 Å². The van der Waals surface area contributed by atoms with Crippen LogP contribution in [0.25, 0.3) is 0 Å². The van der Waals surface area contributed by atoms with Crippen LogP contribution in [0.1, 0.15) is 5.56 Å². The Labute approximate surface area is 104 Å². The molecular weight excluding hydrogens is 260 g/mol. The largest absolute Gasteiger partial charge is 0.486 e. The summed E-state index contributed by atoms with van der Waals surface area (Å²) in [5, 5.41) is 8.79. The third kappa shape index (κ3) is 2.56. The summed E-state index contributed by atoms with van der Waals surface area (Å²) in [5.41, 5.74) is 0.203. The number of carbonyl (C=O) groups is 1. The molecule has 7 heteroatoms. The van der Waals surface area contributed by atoms with E-state index in [9.17, 15) is 13.2 Å². The van der Waals surface area contributed by atoms with Gasteiger partial charge in [-0.3, -0.25) is 4.79 Å². The van der Waals surface area contributed by atoms with Gasteiger partial charge in [0.2, 0.25) is 0 Å². The molecule has 1 heterocycles. The van der Waals surface area contributed by atoms with E-state index in [1.165, 1.54) is 12.1 Å². The summed E-state index contributed by atoms with van der Waals surface area (Å²) >= 11 is 0. The summed E-state index contributed by atoms with van der Waals surface area (Å²) in [4.78, 5) is 10.7. The van der Waals surface area contributed by atoms with Gasteiger partial charge in [0.15, 0.2) is 21.3 Å². The first-order valence-electron chi connectivity index (χ1n) is 5.22. The van der Waals surface area contributed by atoms with E-state index in [1.807, 2.05) is 0 Å². The Morgan fingerprint density at radius 1 is 1.28 bits per heavy atom. The van der Waals surface area contributed by atoms with Crippen LogP contribution in [0.3, 0.4) is 0 Å². The maximum atomic E-state index is 11.6. The maximum Gasteiger partial charge on any atom is 0.307 e. The second-order valence-corrected chi connectivity index (χ2v) is 5.93. The molecule has 0 saturated carbocycles. The smallest absolute Gasteiger partial charge is 0.307 e. The predicted octanol–water partition coefficient (Wildman–Crippen LogP) is 0.488. The van der Waals surface area contributed by atoms with Crippen LogP contribution in [0.4, 0.5) is 0 Å². The second-order valence-electron chi connectivity index (χ2n) is 3.95. The lowest BCUT2D eigenvalue weighted by Crippen LogP contribution is -2.17. The van der Waals surface area contributed by atoms with Crippen molar-refractivity contribution in [3.63, 3.8) is 0 Å². The Bertz CT molecular complexity index is 590. The number of sulfone groups is 1. The monoisotopic (exact) mass is 272 g/mol. The lowest BCUT2D eigenvalue weighted by atomic mass is 10.1. The van der Waals surface area contributed by atoms with Crippen LogP contribution >= 0.6 is 0 Å². The van der Waals surface area contributed by atoms with E-state index in [2.05, 4.69) is 0 Å². The van der Waals surface area contributed by atoms with Crippen LogP contribution in [0, 0.1) is 0 Å². The summed E-state index contributed by atoms with van der Waals surface area (Å²) in [6.45, 7) is 0.701. The minimum absolute atomic E-state index is 0.0332. The maximum absolute atomic E-state index is 11.6. The van der Waals surface area contributed by atoms with Crippen molar-refractivity contribution in [2.45, 2.75) is 11.3 Å². The Kier molecular flexibility index (Phi) is 3.16. The summed E-state index contributed by atoms with van der Waals surface area (Å²) in [6.07, 6.45) is 0.656. The van der Waals surface area contributed by atoms with Gasteiger partial charge < -0.3 is 14.6 Å². The lowest BCUT2D eigenvalue weighted by Gasteiger charge is -2.20. The number of ether oxygens (including phenoxy) is 2. The highest BCUT2D eigenvalue weighted by atomic mass is 32.2. The van der Waals surface area contributed by atoms with Crippen molar-refractivity contribution in [1.29, 1.82) is 0 Å². The van der Waals surface area contributed by atoms with Crippen LogP contribution in [0.2, 0.25) is 0 Å². The third-order valence-electron chi connectivity index (χ3n) is 2.47. The van der Waals surface area contributed by atoms with Gasteiger partial charge in [-0.05, 0) is 11.6 Å². The molecule has 0 radical (unpaired) electrons. The molecule has 0 unspecified atom stereocenters. The molecule has 1 aliphatic heterocycles. The zero-order valence-electron chi connectivity index (χ0n) is 9.67. The van der Waals surface area contributed by atoms with Gasteiger partial charge in [-0.1, -0.05) is 0 Å². The average molecular weight is 272 g/mol. The fourth-order valence-electron chi connectivity index (χ4n) is 1.76. The molecule has 0 spiro atoms. The van der Waals surface area contributed by atoms with Gasteiger partial charge in [-0.15, -0.1) is 0 Å². The molecule has 2 rings (SSSR count). The predicted molar refractivity (Wildman–Crippen MR) is 61.9 cm³/mol. The number of carboxylic acids is 1. The van der Waals surface area contributed by atoms with Gasteiger partial charge in [0.1, 0.15) is 13.2 Å². The third-order valence-corrected chi connectivity index (χ3v) is 3.65. The van der Waals surface area contributed by atoms with Gasteiger partial charge >= 0.3 is 5.97 Å². The molecule has 0 bridgehead atoms. The van der Waals surface area contributed by atoms with Crippen molar-refractivity contribution in [3.8, 4) is 11.5 Å². The number of rotatable bonds is 3. The van der Waals surface area contributed by atoms with E-state index in [0.717, 1.165) is 6.26 Å². The van der Waals surface area contributed by atoms with Crippen LogP contribution in [-0.4, -0.2) is 39.0 Å². The van der Waals surface area contributed by atoms with E-state index in [4.69, 9.17) is 14.6 Å². The van der Waals surface area contributed by atoms with Crippen molar-refractivity contribution in [2.24, 2.45) is 0 Å². The van der Waals surface area contributed by atoms with Gasteiger partial charge in [0, 0.05) is 12.3 Å². The molecule has 1 N–H and O–H groups in total. The SMILES string of the molecule is CS(=O)(=O)c1cc2c(cc1CC(=O)O)OCCO2. The highest BCUT2D eigenvalue weighted by molar-refractivity contribution is 7.90. The Morgan fingerprint density at radius 3 is 2.33 bits per heavy atom. The highest BCUT2D eigenvalue weighted by Crippen LogP contribution is 2.35. The quantitative estimate of drug-likeness (QED) is 0.861. The number of aliphatic carboxylic acids is 1. The van der Waals surface area contributed by atoms with Gasteiger partial charge in [-0.25, -0.2) is 8.42 Å². The highest BCUT2D eigenvalue weighted by Gasteiger charge is 2.22. The first-order chi connectivity index (χ1) is 8.38. The molecule has 98 valence electrons. The number of fused-ring (bicyclic) bond motifs is 1. The van der Waals surface area contributed by atoms with Crippen LogP contribution in [0.5, 0.6) is 11.5 Å². The summed E-state index contributed by atoms with van der Waals surface area (Å²) < 4.78 is 33.8. The average Bonchev–Trinajstić information content (AvgIpc) is 2.26. The molecular formula is C11H12O6S. The van der Waals surface area contributed by atoms with Gasteiger partial charge in [0.25, 0.3) is 0 Å². The zero-order chi connectivity index (χ0) is 13.3. The first kappa shape index (κ1) is 12.7. The minimum Gasteiger partial charge on any atom is -0.486 e. The van der Waals surface area contributed by atoms with Crippen molar-refractivity contribution < 1.29 is 27.8 Å². The number of carboxylic acid groups (broad SMARTS) is 1. The topological polar surface area (TPSA) is 89.9 Å². The molecule has 18 heavy (non-hydrogen) atoms. The van der Waals surface area contributed by atoms with Crippen LogP contribution in [-0.2, 0) is 21.1 Å². The van der Waals surface area contributed by atoms with E-state index < -0.39 is 15.8 Å². The molecule has 6 nitrogen and oxygen atoms in total. The van der Waals surface area contributed by atoms with E-state index in [-0.39, 0.29) is 16.9 Å². The molecule has 0 amide bonds. The molecule has 0 aromatic heterocycles. The summed E-state index contributed by atoms with van der Waals surface area (Å²) in [5.74, 6) is -0.391. The zero-order valence-corrected chi connectivity index (χ0v) is 10.5. The molecule has 1 aliphatic rings. The Balaban J connectivity index is 2.58. The standard InChI is InChI=1S/C11H12O6S/c1-18(14,15)10-6-9-8(16-2-3-17-9)4-7(10)5-11(12)13/h4,6H,2-3,5H2,1H3,(H,12,13). The van der Waals surface area contributed by atoms with Crippen molar-refractivity contribution in [3.05, 3.63) is 17.7 Å². The first-order valence-corrected chi connectivity index (χ1v) is 7.11. The molecule has 0 saturated heterocycles. The van der Waals surface area contributed by atoms with Crippen molar-refractivity contribution in [1.82, 2.24) is 0 Å². The molecule has 0 fully saturated rings. The van der Waals surface area contributed by atoms with Crippen LogP contribution < -0.4 is 9.47 Å². The Hall–Kier alpha value is -1.76. The van der Waals surface area contributed by atoms with Crippen molar-refractivity contribution >= 4 is 15.8 Å². The number of hydrogen-bond donors (Lipinski definition) is 1. The van der Waals surface area contributed by atoms with E-state index >= 15 is 0 Å². The van der Waals surface area contributed by atoms with Gasteiger partial charge in [-0.2, -0.15) is 0 Å². The Morgan fingerprint density at radius 2 is 1.83 bits per heavy atom. The second kappa shape index (κ2) is 4.49. The molecule has 1 aromatic carbocycles. The number of benzene rings is 1. The summed E-state index contributed by atoms with van der Waals surface area (Å²) in [6, 6.07) is 2.74. The summed E-state index contributed by atoms with van der Waals surface area (Å²) in [7, 11) is -3.51. The van der Waals surface area contributed by atoms with Crippen LogP contribution in [0.15, 0.2) is 17.0 Å². The normalized spacial score (nSPS) is 14.3. The fourth-order valence-corrected chi connectivity index (χ4v) is 2.69.